The number of hydrogen-bond acceptors (Lipinski definition) is 3. The molecule has 2 atom stereocenters. The second kappa shape index (κ2) is 3.90. The molecule has 0 aliphatic carbocycles. The quantitative estimate of drug-likeness (QED) is 0.639. The van der Waals surface area contributed by atoms with Crippen molar-refractivity contribution < 1.29 is 14.6 Å². The van der Waals surface area contributed by atoms with Gasteiger partial charge in [-0.3, -0.25) is 4.79 Å². The molecule has 0 aromatic rings. The highest BCUT2D eigenvalue weighted by Gasteiger charge is 2.29. The summed E-state index contributed by atoms with van der Waals surface area (Å²) in [5.41, 5.74) is 0. The number of aliphatic hydroxyl groups is 1. The predicted molar refractivity (Wildman–Crippen MR) is 44.3 cm³/mol. The van der Waals surface area contributed by atoms with Crippen molar-refractivity contribution in [3.8, 4) is 0 Å². The van der Waals surface area contributed by atoms with Crippen LogP contribution in [0.2, 0.25) is 0 Å². The maximum absolute atomic E-state index is 10.7. The van der Waals surface area contributed by atoms with Gasteiger partial charge in [0.25, 0.3) is 0 Å². The SMILES string of the molecule is CC(C)CC1CCC(=O)OC1O. The van der Waals surface area contributed by atoms with E-state index in [2.05, 4.69) is 13.8 Å². The lowest BCUT2D eigenvalue weighted by atomic mass is 9.91. The summed E-state index contributed by atoms with van der Waals surface area (Å²) >= 11 is 0. The summed E-state index contributed by atoms with van der Waals surface area (Å²) in [7, 11) is 0. The van der Waals surface area contributed by atoms with Crippen LogP contribution in [0.15, 0.2) is 0 Å². The standard InChI is InChI=1S/C9H16O3/c1-6(2)5-7-3-4-8(10)12-9(7)11/h6-7,9,11H,3-5H2,1-2H3. The molecule has 0 amide bonds. The van der Waals surface area contributed by atoms with Crippen molar-refractivity contribution in [1.29, 1.82) is 0 Å². The highest BCUT2D eigenvalue weighted by atomic mass is 16.6. The van der Waals surface area contributed by atoms with E-state index in [9.17, 15) is 9.90 Å². The lowest BCUT2D eigenvalue weighted by molar-refractivity contribution is -0.189. The van der Waals surface area contributed by atoms with Crippen LogP contribution in [-0.4, -0.2) is 17.4 Å². The van der Waals surface area contributed by atoms with Crippen molar-refractivity contribution in [2.45, 2.75) is 39.4 Å². The molecule has 1 rings (SSSR count). The first-order valence-electron chi connectivity index (χ1n) is 4.47. The molecule has 0 aromatic heterocycles. The second-order valence-electron chi connectivity index (χ2n) is 3.81. The molecular weight excluding hydrogens is 156 g/mol. The molecule has 12 heavy (non-hydrogen) atoms. The van der Waals surface area contributed by atoms with Gasteiger partial charge in [-0.2, -0.15) is 0 Å². The van der Waals surface area contributed by atoms with Gasteiger partial charge >= 0.3 is 5.97 Å². The van der Waals surface area contributed by atoms with Crippen LogP contribution in [0.3, 0.4) is 0 Å². The Kier molecular flexibility index (Phi) is 3.09. The molecule has 1 heterocycles. The van der Waals surface area contributed by atoms with Crippen LogP contribution in [-0.2, 0) is 9.53 Å². The second-order valence-corrected chi connectivity index (χ2v) is 3.81. The average Bonchev–Trinajstić information content (AvgIpc) is 1.94. The zero-order valence-electron chi connectivity index (χ0n) is 7.62. The van der Waals surface area contributed by atoms with Gasteiger partial charge in [-0.25, -0.2) is 0 Å². The number of rotatable bonds is 2. The third-order valence-corrected chi connectivity index (χ3v) is 2.15. The average molecular weight is 172 g/mol. The summed E-state index contributed by atoms with van der Waals surface area (Å²) in [6.45, 7) is 4.20. The maximum Gasteiger partial charge on any atom is 0.308 e. The third kappa shape index (κ3) is 2.48. The Morgan fingerprint density at radius 3 is 2.83 bits per heavy atom. The van der Waals surface area contributed by atoms with Crippen LogP contribution in [0.25, 0.3) is 0 Å². The van der Waals surface area contributed by atoms with Crippen LogP contribution in [0, 0.1) is 11.8 Å². The Balaban J connectivity index is 2.39. The van der Waals surface area contributed by atoms with Gasteiger partial charge in [0.05, 0.1) is 0 Å². The molecule has 0 aromatic carbocycles. The van der Waals surface area contributed by atoms with Crippen LogP contribution >= 0.6 is 0 Å². The van der Waals surface area contributed by atoms with Crippen molar-refractivity contribution in [3.63, 3.8) is 0 Å². The van der Waals surface area contributed by atoms with Crippen molar-refractivity contribution in [1.82, 2.24) is 0 Å². The van der Waals surface area contributed by atoms with Gasteiger partial charge in [0, 0.05) is 12.3 Å². The van der Waals surface area contributed by atoms with E-state index in [4.69, 9.17) is 4.74 Å². The van der Waals surface area contributed by atoms with E-state index in [1.165, 1.54) is 0 Å². The number of hydrogen-bond donors (Lipinski definition) is 1. The molecule has 3 heteroatoms. The molecule has 70 valence electrons. The Hall–Kier alpha value is -0.570. The number of esters is 1. The normalized spacial score (nSPS) is 30.5. The monoisotopic (exact) mass is 172 g/mol. The molecule has 0 spiro atoms. The van der Waals surface area contributed by atoms with E-state index in [0.29, 0.717) is 12.3 Å². The van der Waals surface area contributed by atoms with Crippen molar-refractivity contribution in [3.05, 3.63) is 0 Å². The molecule has 0 saturated carbocycles. The van der Waals surface area contributed by atoms with Gasteiger partial charge in [-0.15, -0.1) is 0 Å². The Morgan fingerprint density at radius 2 is 2.33 bits per heavy atom. The lowest BCUT2D eigenvalue weighted by Crippen LogP contribution is -2.32. The van der Waals surface area contributed by atoms with E-state index in [1.54, 1.807) is 0 Å². The first kappa shape index (κ1) is 9.52. The minimum absolute atomic E-state index is 0.141. The summed E-state index contributed by atoms with van der Waals surface area (Å²) < 4.78 is 4.72. The largest absolute Gasteiger partial charge is 0.436 e. The molecule has 1 aliphatic heterocycles. The fourth-order valence-corrected chi connectivity index (χ4v) is 1.58. The molecule has 2 unspecified atom stereocenters. The predicted octanol–water partition coefficient (Wildman–Crippen LogP) is 1.30. The smallest absolute Gasteiger partial charge is 0.308 e. The number of carbonyl (C=O) groups excluding carboxylic acids is 1. The Labute approximate surface area is 72.7 Å². The summed E-state index contributed by atoms with van der Waals surface area (Å²) in [5.74, 6) is 0.409. The van der Waals surface area contributed by atoms with Crippen LogP contribution in [0.1, 0.15) is 33.1 Å². The van der Waals surface area contributed by atoms with E-state index in [0.717, 1.165) is 12.8 Å². The molecule has 1 N–H and O–H groups in total. The highest BCUT2D eigenvalue weighted by molar-refractivity contribution is 5.70. The van der Waals surface area contributed by atoms with Crippen LogP contribution < -0.4 is 0 Å². The molecule has 1 saturated heterocycles. The third-order valence-electron chi connectivity index (χ3n) is 2.15. The Bertz CT molecular complexity index is 165. The van der Waals surface area contributed by atoms with Gasteiger partial charge in [0.15, 0.2) is 0 Å². The zero-order valence-corrected chi connectivity index (χ0v) is 7.62. The van der Waals surface area contributed by atoms with Crippen molar-refractivity contribution in [2.24, 2.45) is 11.8 Å². The first-order chi connectivity index (χ1) is 5.59. The van der Waals surface area contributed by atoms with Gasteiger partial charge in [-0.1, -0.05) is 13.8 Å². The summed E-state index contributed by atoms with van der Waals surface area (Å²) in [4.78, 5) is 10.7. The van der Waals surface area contributed by atoms with Crippen LogP contribution in [0.4, 0.5) is 0 Å². The van der Waals surface area contributed by atoms with Gasteiger partial charge in [0.2, 0.25) is 6.29 Å². The van der Waals surface area contributed by atoms with E-state index in [-0.39, 0.29) is 11.9 Å². The number of carbonyl (C=O) groups is 1. The molecule has 1 aliphatic rings. The minimum Gasteiger partial charge on any atom is -0.436 e. The lowest BCUT2D eigenvalue weighted by Gasteiger charge is -2.28. The van der Waals surface area contributed by atoms with Gasteiger partial charge < -0.3 is 9.84 Å². The summed E-state index contributed by atoms with van der Waals surface area (Å²) in [6.07, 6.45) is 1.27. The highest BCUT2D eigenvalue weighted by Crippen LogP contribution is 2.25. The number of ether oxygens (including phenoxy) is 1. The number of cyclic esters (lactones) is 1. The molecule has 0 bridgehead atoms. The summed E-state index contributed by atoms with van der Waals surface area (Å²) in [5, 5.41) is 9.35. The molecular formula is C9H16O3. The molecule has 3 nitrogen and oxygen atoms in total. The van der Waals surface area contributed by atoms with Crippen molar-refractivity contribution in [2.75, 3.05) is 0 Å². The molecule has 0 radical (unpaired) electrons. The molecule has 1 fully saturated rings. The summed E-state index contributed by atoms with van der Waals surface area (Å²) in [6, 6.07) is 0. The van der Waals surface area contributed by atoms with Gasteiger partial charge in [-0.05, 0) is 18.8 Å². The first-order valence-corrected chi connectivity index (χ1v) is 4.47. The zero-order chi connectivity index (χ0) is 9.14. The minimum atomic E-state index is -0.867. The number of aliphatic hydroxyl groups excluding tert-OH is 1. The van der Waals surface area contributed by atoms with Crippen LogP contribution in [0.5, 0.6) is 0 Å². The van der Waals surface area contributed by atoms with E-state index < -0.39 is 6.29 Å². The fourth-order valence-electron chi connectivity index (χ4n) is 1.58. The maximum atomic E-state index is 10.7. The van der Waals surface area contributed by atoms with E-state index in [1.807, 2.05) is 0 Å². The van der Waals surface area contributed by atoms with Crippen molar-refractivity contribution >= 4 is 5.97 Å². The van der Waals surface area contributed by atoms with E-state index >= 15 is 0 Å². The topological polar surface area (TPSA) is 46.5 Å². The fraction of sp³-hybridized carbons (Fsp3) is 0.889. The Morgan fingerprint density at radius 1 is 1.67 bits per heavy atom. The van der Waals surface area contributed by atoms with Gasteiger partial charge in [0.1, 0.15) is 0 Å².